The molecule has 0 fully saturated rings. The number of nitrogens with one attached hydrogen (secondary N) is 3. The largest absolute Gasteiger partial charge is 0.361 e. The summed E-state index contributed by atoms with van der Waals surface area (Å²) >= 11 is 0. The van der Waals surface area contributed by atoms with Crippen LogP contribution >= 0.6 is 0 Å². The van der Waals surface area contributed by atoms with Crippen LogP contribution in [0.5, 0.6) is 0 Å². The van der Waals surface area contributed by atoms with Gasteiger partial charge in [-0.15, -0.1) is 0 Å². The van der Waals surface area contributed by atoms with E-state index in [4.69, 9.17) is 0 Å². The fraction of sp³-hybridized carbons (Fsp3) is 0.172. The molecule has 8 nitrogen and oxygen atoms in total. The Bertz CT molecular complexity index is 1490. The molecular weight excluding hydrogens is 466 g/mol. The Balaban J connectivity index is 1.60. The lowest BCUT2D eigenvalue weighted by molar-refractivity contribution is -0.144. The minimum atomic E-state index is -1.02. The number of aryl methyl sites for hydroxylation is 1. The number of aromatic nitrogens is 1. The zero-order valence-electron chi connectivity index (χ0n) is 20.6. The lowest BCUT2D eigenvalue weighted by atomic mass is 10.0. The fourth-order valence-corrected chi connectivity index (χ4v) is 4.55. The van der Waals surface area contributed by atoms with Gasteiger partial charge in [-0.05, 0) is 18.6 Å². The highest BCUT2D eigenvalue weighted by molar-refractivity contribution is 6.12. The molecule has 3 amide bonds. The normalized spacial score (nSPS) is 16.2. The molecule has 1 aromatic heterocycles. The van der Waals surface area contributed by atoms with E-state index >= 15 is 0 Å². The molecule has 2 heterocycles. The van der Waals surface area contributed by atoms with Gasteiger partial charge in [0.1, 0.15) is 6.04 Å². The van der Waals surface area contributed by atoms with E-state index in [1.165, 1.54) is 11.9 Å². The summed E-state index contributed by atoms with van der Waals surface area (Å²) < 4.78 is 0. The minimum absolute atomic E-state index is 0.257. The van der Waals surface area contributed by atoms with E-state index in [0.717, 1.165) is 22.0 Å². The minimum Gasteiger partial charge on any atom is -0.361 e. The van der Waals surface area contributed by atoms with Gasteiger partial charge in [-0.2, -0.15) is 5.10 Å². The molecular formula is C29H27N5O3. The van der Waals surface area contributed by atoms with Gasteiger partial charge >= 0.3 is 0 Å². The summed E-state index contributed by atoms with van der Waals surface area (Å²) in [5.41, 5.74) is 4.07. The number of carbonyl (C=O) groups is 3. The molecule has 0 radical (unpaired) electrons. The van der Waals surface area contributed by atoms with Crippen LogP contribution in [-0.2, 0) is 20.8 Å². The maximum atomic E-state index is 14.1. The van der Waals surface area contributed by atoms with Crippen LogP contribution in [0.1, 0.15) is 35.2 Å². The molecule has 186 valence electrons. The summed E-state index contributed by atoms with van der Waals surface area (Å²) in [6.07, 6.45) is 1.99. The van der Waals surface area contributed by atoms with Crippen LogP contribution in [0.25, 0.3) is 10.9 Å². The SMILES string of the molecule is CC(=O)N[C@H](Cc1ccccc1)C(=O)N1N=C(c2ccc(C)cc2)NC(=O)[C@H]1c1c[nH]c2ccccc12. The molecule has 5 rings (SSSR count). The van der Waals surface area contributed by atoms with Crippen LogP contribution < -0.4 is 10.6 Å². The fourth-order valence-electron chi connectivity index (χ4n) is 4.55. The number of carbonyl (C=O) groups excluding carboxylic acids is 3. The van der Waals surface area contributed by atoms with E-state index in [1.807, 2.05) is 85.8 Å². The summed E-state index contributed by atoms with van der Waals surface area (Å²) in [6.45, 7) is 3.34. The number of nitrogens with zero attached hydrogens (tertiary/aromatic N) is 2. The Labute approximate surface area is 214 Å². The van der Waals surface area contributed by atoms with Crippen LogP contribution in [0, 0.1) is 6.92 Å². The number of rotatable bonds is 6. The van der Waals surface area contributed by atoms with E-state index in [9.17, 15) is 14.4 Å². The summed E-state index contributed by atoms with van der Waals surface area (Å²) in [7, 11) is 0. The summed E-state index contributed by atoms with van der Waals surface area (Å²) in [5, 5.41) is 12.3. The van der Waals surface area contributed by atoms with E-state index < -0.39 is 18.0 Å². The van der Waals surface area contributed by atoms with Crippen LogP contribution in [-0.4, -0.2) is 39.6 Å². The zero-order chi connectivity index (χ0) is 25.9. The number of fused-ring (bicyclic) bond motifs is 1. The molecule has 3 N–H and O–H groups in total. The monoisotopic (exact) mass is 493 g/mol. The highest BCUT2D eigenvalue weighted by Crippen LogP contribution is 2.32. The molecule has 0 bridgehead atoms. The molecule has 1 aliphatic rings. The molecule has 0 saturated carbocycles. The van der Waals surface area contributed by atoms with E-state index in [2.05, 4.69) is 20.7 Å². The van der Waals surface area contributed by atoms with Gasteiger partial charge in [0.2, 0.25) is 5.91 Å². The molecule has 37 heavy (non-hydrogen) atoms. The highest BCUT2D eigenvalue weighted by atomic mass is 16.2. The number of hydrogen-bond donors (Lipinski definition) is 3. The van der Waals surface area contributed by atoms with Crippen LogP contribution in [0.4, 0.5) is 0 Å². The van der Waals surface area contributed by atoms with Crippen molar-refractivity contribution in [2.45, 2.75) is 32.4 Å². The van der Waals surface area contributed by atoms with Crippen molar-refractivity contribution in [1.29, 1.82) is 0 Å². The van der Waals surface area contributed by atoms with E-state index in [0.29, 0.717) is 11.1 Å². The average molecular weight is 494 g/mol. The second kappa shape index (κ2) is 10.1. The third kappa shape index (κ3) is 4.99. The Morgan fingerprint density at radius 3 is 2.43 bits per heavy atom. The van der Waals surface area contributed by atoms with Crippen molar-refractivity contribution in [1.82, 2.24) is 20.6 Å². The Morgan fingerprint density at radius 2 is 1.70 bits per heavy atom. The van der Waals surface area contributed by atoms with Crippen LogP contribution in [0.2, 0.25) is 0 Å². The first-order valence-electron chi connectivity index (χ1n) is 12.1. The third-order valence-electron chi connectivity index (χ3n) is 6.37. The number of amides is 3. The van der Waals surface area contributed by atoms with Crippen molar-refractivity contribution < 1.29 is 14.4 Å². The Kier molecular flexibility index (Phi) is 6.55. The highest BCUT2D eigenvalue weighted by Gasteiger charge is 2.40. The first-order valence-corrected chi connectivity index (χ1v) is 12.1. The van der Waals surface area contributed by atoms with E-state index in [-0.39, 0.29) is 24.1 Å². The number of para-hydroxylation sites is 1. The molecule has 4 aromatic rings. The summed E-state index contributed by atoms with van der Waals surface area (Å²) in [4.78, 5) is 43.0. The zero-order valence-corrected chi connectivity index (χ0v) is 20.6. The second-order valence-corrected chi connectivity index (χ2v) is 9.12. The van der Waals surface area contributed by atoms with E-state index in [1.54, 1.807) is 6.20 Å². The van der Waals surface area contributed by atoms with Crippen molar-refractivity contribution in [2.24, 2.45) is 5.10 Å². The van der Waals surface area contributed by atoms with Crippen molar-refractivity contribution in [3.8, 4) is 0 Å². The van der Waals surface area contributed by atoms with Gasteiger partial charge in [-0.25, -0.2) is 5.01 Å². The Hall–Kier alpha value is -4.72. The van der Waals surface area contributed by atoms with Crippen molar-refractivity contribution in [3.05, 3.63) is 107 Å². The lowest BCUT2D eigenvalue weighted by Gasteiger charge is -2.34. The first-order chi connectivity index (χ1) is 17.9. The molecule has 0 saturated heterocycles. The van der Waals surface area contributed by atoms with Gasteiger partial charge in [-0.3, -0.25) is 14.4 Å². The predicted octanol–water partition coefficient (Wildman–Crippen LogP) is 3.59. The molecule has 8 heteroatoms. The van der Waals surface area contributed by atoms with Gasteiger partial charge in [-0.1, -0.05) is 78.4 Å². The van der Waals surface area contributed by atoms with Gasteiger partial charge in [0.25, 0.3) is 11.8 Å². The smallest absolute Gasteiger partial charge is 0.266 e. The van der Waals surface area contributed by atoms with Crippen LogP contribution in [0.15, 0.2) is 90.2 Å². The maximum Gasteiger partial charge on any atom is 0.266 e. The van der Waals surface area contributed by atoms with Gasteiger partial charge < -0.3 is 15.6 Å². The number of hydrazone groups is 1. The lowest BCUT2D eigenvalue weighted by Crippen LogP contribution is -2.55. The number of benzene rings is 3. The number of aromatic amines is 1. The second-order valence-electron chi connectivity index (χ2n) is 9.12. The summed E-state index contributed by atoms with van der Waals surface area (Å²) in [5.74, 6) is -0.934. The Morgan fingerprint density at radius 1 is 1.00 bits per heavy atom. The topological polar surface area (TPSA) is 107 Å². The summed E-state index contributed by atoms with van der Waals surface area (Å²) in [6, 6.07) is 22.6. The average Bonchev–Trinajstić information content (AvgIpc) is 3.32. The predicted molar refractivity (Wildman–Crippen MR) is 141 cm³/mol. The van der Waals surface area contributed by atoms with Gasteiger partial charge in [0.05, 0.1) is 0 Å². The molecule has 0 spiro atoms. The third-order valence-corrected chi connectivity index (χ3v) is 6.37. The number of H-pyrrole nitrogens is 1. The molecule has 3 aromatic carbocycles. The van der Waals surface area contributed by atoms with Crippen molar-refractivity contribution >= 4 is 34.5 Å². The number of hydrogen-bond acceptors (Lipinski definition) is 4. The maximum absolute atomic E-state index is 14.1. The standard InChI is InChI=1S/C29H27N5O3/c1-18-12-14-21(15-13-18)27-32-28(36)26(23-17-30-24-11-7-6-10-22(23)24)34(33-27)29(37)25(31-19(2)35)16-20-8-4-3-5-9-20/h3-15,17,25-26,30H,16H2,1-2H3,(H,31,35)(H,32,33,36)/t25-,26-/m1/s1. The number of amidine groups is 1. The first kappa shape index (κ1) is 24.0. The molecule has 1 aliphatic heterocycles. The quantitative estimate of drug-likeness (QED) is 0.382. The molecule has 2 atom stereocenters. The molecule has 0 aliphatic carbocycles. The van der Waals surface area contributed by atoms with Crippen molar-refractivity contribution in [2.75, 3.05) is 0 Å². The van der Waals surface area contributed by atoms with Crippen molar-refractivity contribution in [3.63, 3.8) is 0 Å². The molecule has 0 unspecified atom stereocenters. The van der Waals surface area contributed by atoms with Gasteiger partial charge in [0.15, 0.2) is 11.9 Å². The van der Waals surface area contributed by atoms with Gasteiger partial charge in [0, 0.05) is 41.6 Å². The van der Waals surface area contributed by atoms with Crippen LogP contribution in [0.3, 0.4) is 0 Å².